The molecule has 0 spiro atoms. The minimum atomic E-state index is 0.790. The zero-order valence-electron chi connectivity index (χ0n) is 28.5. The lowest BCUT2D eigenvalue weighted by Gasteiger charge is -2.29. The molecule has 4 rings (SSSR count). The number of nitrogens with zero attached hydrogens (tertiary/aromatic N) is 2. The van der Waals surface area contributed by atoms with Gasteiger partial charge in [-0.2, -0.15) is 0 Å². The van der Waals surface area contributed by atoms with Crippen LogP contribution in [0.5, 0.6) is 11.5 Å². The first-order valence-electron chi connectivity index (χ1n) is 18.7. The zero-order chi connectivity index (χ0) is 30.3. The lowest BCUT2D eigenvalue weighted by molar-refractivity contribution is 0.256. The lowest BCUT2D eigenvalue weighted by atomic mass is 9.77. The van der Waals surface area contributed by atoms with Crippen LogP contribution in [-0.4, -0.2) is 9.97 Å². The van der Waals surface area contributed by atoms with Crippen LogP contribution in [0.4, 0.5) is 0 Å². The number of unbranched alkanes of at least 4 members (excludes halogenated alkanes) is 6. The Morgan fingerprint density at radius 3 is 1.30 bits per heavy atom. The van der Waals surface area contributed by atoms with E-state index >= 15 is 0 Å². The summed E-state index contributed by atoms with van der Waals surface area (Å²) in [6, 6.07) is 4.58. The van der Waals surface area contributed by atoms with Crippen LogP contribution in [0.15, 0.2) is 24.5 Å². The van der Waals surface area contributed by atoms with Crippen molar-refractivity contribution in [1.82, 2.24) is 9.97 Å². The zero-order valence-corrected chi connectivity index (χ0v) is 28.5. The van der Waals surface area contributed by atoms with E-state index in [0.29, 0.717) is 0 Å². The third-order valence-corrected chi connectivity index (χ3v) is 10.9. The Morgan fingerprint density at radius 1 is 0.535 bits per heavy atom. The molecule has 0 unspecified atom stereocenters. The number of pyridine rings is 2. The van der Waals surface area contributed by atoms with E-state index in [1.807, 2.05) is 12.4 Å². The van der Waals surface area contributed by atoms with Crippen molar-refractivity contribution in [2.75, 3.05) is 0 Å². The number of hydrogen-bond acceptors (Lipinski definition) is 3. The number of aromatic nitrogens is 2. The van der Waals surface area contributed by atoms with E-state index in [2.05, 4.69) is 39.8 Å². The molecule has 0 atom stereocenters. The SMILES string of the molecule is CCCCCCC1CCC(Cc2cc(Oc3cnc(CC)c(CC4CCC(CCCCCC)CC4)c3)cnc2CC)CC1. The summed E-state index contributed by atoms with van der Waals surface area (Å²) in [6.45, 7) is 9.09. The number of aryl methyl sites for hydroxylation is 2. The van der Waals surface area contributed by atoms with Gasteiger partial charge in [-0.05, 0) is 98.3 Å². The molecule has 2 aliphatic carbocycles. The van der Waals surface area contributed by atoms with E-state index in [1.165, 1.54) is 138 Å². The van der Waals surface area contributed by atoms with Crippen molar-refractivity contribution in [3.05, 3.63) is 47.0 Å². The van der Waals surface area contributed by atoms with Crippen molar-refractivity contribution in [3.8, 4) is 11.5 Å². The summed E-state index contributed by atoms with van der Waals surface area (Å²) < 4.78 is 6.47. The van der Waals surface area contributed by atoms with Crippen LogP contribution >= 0.6 is 0 Å². The highest BCUT2D eigenvalue weighted by molar-refractivity contribution is 5.36. The summed E-state index contributed by atoms with van der Waals surface area (Å²) in [7, 11) is 0. The maximum absolute atomic E-state index is 6.47. The second kappa shape index (κ2) is 18.8. The van der Waals surface area contributed by atoms with Gasteiger partial charge in [0.05, 0.1) is 12.4 Å². The molecule has 2 aromatic heterocycles. The van der Waals surface area contributed by atoms with Gasteiger partial charge in [0.2, 0.25) is 0 Å². The minimum Gasteiger partial charge on any atom is -0.454 e. The molecule has 3 nitrogen and oxygen atoms in total. The molecule has 2 fully saturated rings. The number of ether oxygens (including phenoxy) is 1. The normalized spacial score (nSPS) is 22.5. The van der Waals surface area contributed by atoms with Gasteiger partial charge in [0.15, 0.2) is 0 Å². The van der Waals surface area contributed by atoms with Gasteiger partial charge in [-0.25, -0.2) is 0 Å². The minimum absolute atomic E-state index is 0.790. The molecule has 2 saturated carbocycles. The Balaban J connectivity index is 1.31. The number of rotatable bonds is 18. The summed E-state index contributed by atoms with van der Waals surface area (Å²) in [5.74, 6) is 5.25. The first-order chi connectivity index (χ1) is 21.1. The highest BCUT2D eigenvalue weighted by Gasteiger charge is 2.24. The molecule has 0 radical (unpaired) electrons. The average molecular weight is 589 g/mol. The summed E-state index contributed by atoms with van der Waals surface area (Å²) in [6.07, 6.45) is 33.4. The third kappa shape index (κ3) is 11.2. The van der Waals surface area contributed by atoms with Gasteiger partial charge in [-0.3, -0.25) is 9.97 Å². The summed E-state index contributed by atoms with van der Waals surface area (Å²) in [5.41, 5.74) is 5.29. The monoisotopic (exact) mass is 589 g/mol. The van der Waals surface area contributed by atoms with Crippen LogP contribution in [0.1, 0.15) is 166 Å². The van der Waals surface area contributed by atoms with Crippen LogP contribution in [0.2, 0.25) is 0 Å². The van der Waals surface area contributed by atoms with Crippen molar-refractivity contribution < 1.29 is 4.74 Å². The highest BCUT2D eigenvalue weighted by atomic mass is 16.5. The van der Waals surface area contributed by atoms with Gasteiger partial charge in [-0.15, -0.1) is 0 Å². The molecule has 0 aromatic carbocycles. The number of hydrogen-bond donors (Lipinski definition) is 0. The van der Waals surface area contributed by atoms with Gasteiger partial charge in [0.25, 0.3) is 0 Å². The Bertz CT molecular complexity index is 965. The summed E-state index contributed by atoms with van der Waals surface area (Å²) >= 11 is 0. The second-order valence-corrected chi connectivity index (χ2v) is 14.2. The molecule has 2 aromatic rings. The topological polar surface area (TPSA) is 35.0 Å². The summed E-state index contributed by atoms with van der Waals surface area (Å²) in [5, 5.41) is 0. The fourth-order valence-electron chi connectivity index (χ4n) is 8.06. The predicted octanol–water partition coefficient (Wildman–Crippen LogP) is 12.0. The molecular formula is C40H64N2O. The van der Waals surface area contributed by atoms with Crippen LogP contribution in [0.3, 0.4) is 0 Å². The van der Waals surface area contributed by atoms with Crippen molar-refractivity contribution in [2.24, 2.45) is 23.7 Å². The summed E-state index contributed by atoms with van der Waals surface area (Å²) in [4.78, 5) is 9.75. The molecule has 43 heavy (non-hydrogen) atoms. The van der Waals surface area contributed by atoms with Crippen LogP contribution < -0.4 is 4.74 Å². The van der Waals surface area contributed by atoms with Gasteiger partial charge in [-0.1, -0.05) is 118 Å². The molecular weight excluding hydrogens is 524 g/mol. The molecule has 0 amide bonds. The molecule has 0 N–H and O–H groups in total. The first-order valence-corrected chi connectivity index (χ1v) is 18.7. The maximum atomic E-state index is 6.47. The highest BCUT2D eigenvalue weighted by Crippen LogP contribution is 2.37. The van der Waals surface area contributed by atoms with Gasteiger partial charge >= 0.3 is 0 Å². The second-order valence-electron chi connectivity index (χ2n) is 14.2. The van der Waals surface area contributed by atoms with E-state index in [0.717, 1.165) is 60.9 Å². The van der Waals surface area contributed by atoms with Crippen LogP contribution in [-0.2, 0) is 25.7 Å². The van der Waals surface area contributed by atoms with Crippen LogP contribution in [0.25, 0.3) is 0 Å². The molecule has 3 heteroatoms. The molecule has 0 aliphatic heterocycles. The fourth-order valence-corrected chi connectivity index (χ4v) is 8.06. The molecule has 240 valence electrons. The fraction of sp³-hybridized carbons (Fsp3) is 0.750. The van der Waals surface area contributed by atoms with E-state index in [4.69, 9.17) is 14.7 Å². The van der Waals surface area contributed by atoms with Gasteiger partial charge in [0, 0.05) is 11.4 Å². The predicted molar refractivity (Wildman–Crippen MR) is 183 cm³/mol. The smallest absolute Gasteiger partial charge is 0.146 e. The maximum Gasteiger partial charge on any atom is 0.146 e. The molecule has 0 saturated heterocycles. The third-order valence-electron chi connectivity index (χ3n) is 10.9. The van der Waals surface area contributed by atoms with Crippen molar-refractivity contribution in [3.63, 3.8) is 0 Å². The Morgan fingerprint density at radius 2 is 0.930 bits per heavy atom. The standard InChI is InChI=1S/C40H64N2O/c1-5-9-11-13-15-31-17-21-33(22-18-31)25-35-27-37(29-41-39(35)7-3)43-38-28-36(40(8-4)42-30-38)26-34-23-19-32(20-24-34)16-14-12-10-6-2/h27-34H,5-26H2,1-4H3. The van der Waals surface area contributed by atoms with Crippen molar-refractivity contribution in [2.45, 2.75) is 169 Å². The van der Waals surface area contributed by atoms with Crippen molar-refractivity contribution >= 4 is 0 Å². The largest absolute Gasteiger partial charge is 0.454 e. The molecule has 0 bridgehead atoms. The Kier molecular flexibility index (Phi) is 14.9. The molecule has 2 heterocycles. The van der Waals surface area contributed by atoms with Gasteiger partial charge < -0.3 is 4.74 Å². The quantitative estimate of drug-likeness (QED) is 0.162. The van der Waals surface area contributed by atoms with E-state index in [1.54, 1.807) is 0 Å². The average Bonchev–Trinajstić information content (AvgIpc) is 3.03. The van der Waals surface area contributed by atoms with E-state index in [-0.39, 0.29) is 0 Å². The first kappa shape index (κ1) is 34.0. The lowest BCUT2D eigenvalue weighted by Crippen LogP contribution is -2.17. The van der Waals surface area contributed by atoms with Gasteiger partial charge in [0.1, 0.15) is 11.5 Å². The van der Waals surface area contributed by atoms with E-state index in [9.17, 15) is 0 Å². The Labute approximate surface area is 265 Å². The van der Waals surface area contributed by atoms with Crippen LogP contribution in [0, 0.1) is 23.7 Å². The Hall–Kier alpha value is -1.90. The molecule has 2 aliphatic rings. The van der Waals surface area contributed by atoms with Crippen molar-refractivity contribution in [1.29, 1.82) is 0 Å². The van der Waals surface area contributed by atoms with E-state index < -0.39 is 0 Å².